The van der Waals surface area contributed by atoms with Gasteiger partial charge in [0.25, 0.3) is 0 Å². The van der Waals surface area contributed by atoms with Crippen LogP contribution in [-0.4, -0.2) is 53.8 Å². The Kier molecular flexibility index (Phi) is 6.40. The highest BCUT2D eigenvalue weighted by Crippen LogP contribution is 2.18. The Morgan fingerprint density at radius 3 is 2.33 bits per heavy atom. The maximum absolute atomic E-state index is 12.9. The molecule has 6 heteroatoms. The number of ether oxygens (including phenoxy) is 2. The lowest BCUT2D eigenvalue weighted by Gasteiger charge is -2.31. The fourth-order valence-corrected chi connectivity index (χ4v) is 3.33. The normalized spacial score (nSPS) is 15.5. The third kappa shape index (κ3) is 5.50. The van der Waals surface area contributed by atoms with Crippen molar-refractivity contribution in [2.75, 3.05) is 27.2 Å². The van der Waals surface area contributed by atoms with Crippen molar-refractivity contribution in [3.63, 3.8) is 0 Å². The molecule has 1 aliphatic heterocycles. The number of benzene rings is 1. The maximum atomic E-state index is 12.9. The zero-order chi connectivity index (χ0) is 19.2. The number of methoxy groups -OCH3 is 1. The third-order valence-corrected chi connectivity index (χ3v) is 4.99. The molecule has 1 aromatic carbocycles. The van der Waals surface area contributed by atoms with Gasteiger partial charge in [-0.1, -0.05) is 12.1 Å². The molecule has 2 heterocycles. The van der Waals surface area contributed by atoms with Crippen molar-refractivity contribution in [2.24, 2.45) is 7.05 Å². The number of rotatable bonds is 6. The lowest BCUT2D eigenvalue weighted by Crippen LogP contribution is -2.39. The molecule has 0 radical (unpaired) electrons. The molecule has 6 nitrogen and oxygen atoms in total. The number of hydrogen-bond acceptors (Lipinski definition) is 4. The molecule has 1 amide bonds. The maximum Gasteiger partial charge on any atom is 0.410 e. The molecule has 2 aromatic rings. The van der Waals surface area contributed by atoms with E-state index in [-0.39, 0.29) is 12.2 Å². The first-order valence-corrected chi connectivity index (χ1v) is 9.41. The van der Waals surface area contributed by atoms with Crippen LogP contribution < -0.4 is 4.74 Å². The first kappa shape index (κ1) is 19.3. The van der Waals surface area contributed by atoms with Crippen molar-refractivity contribution >= 4 is 6.09 Å². The van der Waals surface area contributed by atoms with Crippen LogP contribution in [0.25, 0.3) is 0 Å². The summed E-state index contributed by atoms with van der Waals surface area (Å²) in [6, 6.07) is 9.83. The van der Waals surface area contributed by atoms with Gasteiger partial charge in [-0.15, -0.1) is 0 Å². The van der Waals surface area contributed by atoms with Crippen LogP contribution in [-0.2, 0) is 24.9 Å². The largest absolute Gasteiger partial charge is 0.497 e. The smallest absolute Gasteiger partial charge is 0.410 e. The molecule has 0 bridgehead atoms. The van der Waals surface area contributed by atoms with Gasteiger partial charge in [-0.2, -0.15) is 0 Å². The van der Waals surface area contributed by atoms with Crippen LogP contribution in [0.2, 0.25) is 0 Å². The average Bonchev–Trinajstić information content (AvgIpc) is 3.08. The van der Waals surface area contributed by atoms with Crippen molar-refractivity contribution in [1.82, 2.24) is 14.4 Å². The molecular formula is C21H29N3O3. The number of aryl methyl sites for hydroxylation is 1. The summed E-state index contributed by atoms with van der Waals surface area (Å²) in [6.45, 7) is 2.97. The molecule has 0 atom stereocenters. The number of nitrogens with zero attached hydrogens (tertiary/aromatic N) is 3. The van der Waals surface area contributed by atoms with Gasteiger partial charge in [0.2, 0.25) is 0 Å². The summed E-state index contributed by atoms with van der Waals surface area (Å²) >= 11 is 0. The minimum atomic E-state index is -0.246. The van der Waals surface area contributed by atoms with E-state index in [1.165, 1.54) is 0 Å². The topological polar surface area (TPSA) is 46.9 Å². The second-order valence-corrected chi connectivity index (χ2v) is 7.28. The molecule has 0 spiro atoms. The van der Waals surface area contributed by atoms with E-state index in [1.54, 1.807) is 12.0 Å². The van der Waals surface area contributed by atoms with Gasteiger partial charge < -0.3 is 18.9 Å². The summed E-state index contributed by atoms with van der Waals surface area (Å²) in [5.41, 5.74) is 2.14. The van der Waals surface area contributed by atoms with Gasteiger partial charge in [0.1, 0.15) is 11.9 Å². The van der Waals surface area contributed by atoms with E-state index in [0.717, 1.165) is 42.8 Å². The van der Waals surface area contributed by atoms with Gasteiger partial charge in [0.15, 0.2) is 0 Å². The molecule has 1 fully saturated rings. The zero-order valence-electron chi connectivity index (χ0n) is 16.4. The molecule has 0 unspecified atom stereocenters. The van der Waals surface area contributed by atoms with E-state index in [1.807, 2.05) is 54.3 Å². The van der Waals surface area contributed by atoms with Crippen molar-refractivity contribution in [2.45, 2.75) is 32.0 Å². The number of carbonyl (C=O) groups is 1. The van der Waals surface area contributed by atoms with Gasteiger partial charge in [0.05, 0.1) is 13.7 Å². The number of hydrogen-bond donors (Lipinski definition) is 0. The molecule has 27 heavy (non-hydrogen) atoms. The Bertz CT molecular complexity index is 733. The predicted octanol–water partition coefficient (Wildman–Crippen LogP) is 3.27. The molecule has 1 aliphatic rings. The Morgan fingerprint density at radius 1 is 1.07 bits per heavy atom. The zero-order valence-corrected chi connectivity index (χ0v) is 16.4. The van der Waals surface area contributed by atoms with Gasteiger partial charge >= 0.3 is 6.09 Å². The molecular weight excluding hydrogens is 342 g/mol. The summed E-state index contributed by atoms with van der Waals surface area (Å²) in [4.78, 5) is 16.9. The van der Waals surface area contributed by atoms with Crippen molar-refractivity contribution < 1.29 is 14.3 Å². The SMILES string of the molecule is COc1ccc(CN(Cc2ccn(C)c2)C(=O)OC2CCN(C)CC2)cc1. The monoisotopic (exact) mass is 371 g/mol. The fraction of sp³-hybridized carbons (Fsp3) is 0.476. The number of piperidine rings is 1. The van der Waals surface area contributed by atoms with Crippen molar-refractivity contribution in [1.29, 1.82) is 0 Å². The van der Waals surface area contributed by atoms with E-state index >= 15 is 0 Å². The Labute approximate surface area is 161 Å². The Morgan fingerprint density at radius 2 is 1.74 bits per heavy atom. The lowest BCUT2D eigenvalue weighted by atomic mass is 10.1. The molecule has 0 saturated carbocycles. The first-order valence-electron chi connectivity index (χ1n) is 9.41. The minimum absolute atomic E-state index is 0.00263. The highest BCUT2D eigenvalue weighted by Gasteiger charge is 2.24. The van der Waals surface area contributed by atoms with Crippen LogP contribution in [0.1, 0.15) is 24.0 Å². The first-order chi connectivity index (χ1) is 13.0. The second kappa shape index (κ2) is 8.95. The fourth-order valence-electron chi connectivity index (χ4n) is 3.33. The van der Waals surface area contributed by atoms with Gasteiger partial charge in [-0.25, -0.2) is 4.79 Å². The number of amides is 1. The highest BCUT2D eigenvalue weighted by atomic mass is 16.6. The van der Waals surface area contributed by atoms with E-state index < -0.39 is 0 Å². The van der Waals surface area contributed by atoms with E-state index in [9.17, 15) is 4.79 Å². The van der Waals surface area contributed by atoms with E-state index in [4.69, 9.17) is 9.47 Å². The molecule has 1 saturated heterocycles. The van der Waals surface area contributed by atoms with Gasteiger partial charge in [-0.05, 0) is 49.2 Å². The van der Waals surface area contributed by atoms with Gasteiger partial charge in [0, 0.05) is 39.1 Å². The standard InChI is InChI=1S/C21H29N3O3/c1-22-12-9-20(10-13-22)27-21(25)24(16-18-8-11-23(2)14-18)15-17-4-6-19(26-3)7-5-17/h4-8,11,14,20H,9-10,12-13,15-16H2,1-3H3. The van der Waals surface area contributed by atoms with E-state index in [0.29, 0.717) is 13.1 Å². The van der Waals surface area contributed by atoms with E-state index in [2.05, 4.69) is 11.9 Å². The summed E-state index contributed by atoms with van der Waals surface area (Å²) in [7, 11) is 5.73. The summed E-state index contributed by atoms with van der Waals surface area (Å²) in [5, 5.41) is 0. The second-order valence-electron chi connectivity index (χ2n) is 7.28. The molecule has 1 aromatic heterocycles. The minimum Gasteiger partial charge on any atom is -0.497 e. The number of aromatic nitrogens is 1. The van der Waals surface area contributed by atoms with Crippen molar-refractivity contribution in [3.05, 3.63) is 53.9 Å². The summed E-state index contributed by atoms with van der Waals surface area (Å²) in [5.74, 6) is 0.808. The quantitative estimate of drug-likeness (QED) is 0.782. The Balaban J connectivity index is 1.68. The highest BCUT2D eigenvalue weighted by molar-refractivity contribution is 5.68. The number of likely N-dealkylation sites (tertiary alicyclic amines) is 1. The molecule has 0 aliphatic carbocycles. The number of carbonyl (C=O) groups excluding carboxylic acids is 1. The van der Waals surface area contributed by atoms with Crippen LogP contribution in [0.5, 0.6) is 5.75 Å². The predicted molar refractivity (Wildman–Crippen MR) is 105 cm³/mol. The van der Waals surface area contributed by atoms with Crippen LogP contribution in [0.4, 0.5) is 4.79 Å². The van der Waals surface area contributed by atoms with Crippen LogP contribution in [0.3, 0.4) is 0 Å². The molecule has 146 valence electrons. The molecule has 3 rings (SSSR count). The average molecular weight is 371 g/mol. The van der Waals surface area contributed by atoms with Crippen LogP contribution >= 0.6 is 0 Å². The van der Waals surface area contributed by atoms with Crippen molar-refractivity contribution in [3.8, 4) is 5.75 Å². The van der Waals surface area contributed by atoms with Gasteiger partial charge in [-0.3, -0.25) is 4.90 Å². The third-order valence-electron chi connectivity index (χ3n) is 4.99. The van der Waals surface area contributed by atoms with Crippen LogP contribution in [0.15, 0.2) is 42.7 Å². The molecule has 0 N–H and O–H groups in total. The van der Waals surface area contributed by atoms with Crippen LogP contribution in [0, 0.1) is 0 Å². The lowest BCUT2D eigenvalue weighted by molar-refractivity contribution is 0.0298. The Hall–Kier alpha value is -2.47. The summed E-state index contributed by atoms with van der Waals surface area (Å²) < 4.78 is 13.0. The summed E-state index contributed by atoms with van der Waals surface area (Å²) in [6.07, 6.45) is 5.56.